The molecular formula is C4H9N3O2. The molecule has 0 aliphatic carbocycles. The number of nitrogens with two attached hydrogens (primary N) is 1. The third-order valence-electron chi connectivity index (χ3n) is 1.18. The SMILES string of the molecule is NNN[C@H]1COCC1=O. The van der Waals surface area contributed by atoms with E-state index in [4.69, 9.17) is 10.6 Å². The van der Waals surface area contributed by atoms with Gasteiger partial charge in [-0.15, -0.1) is 0 Å². The van der Waals surface area contributed by atoms with E-state index in [1.807, 2.05) is 0 Å². The average Bonchev–Trinajstić information content (AvgIpc) is 2.18. The van der Waals surface area contributed by atoms with Crippen molar-refractivity contribution in [2.45, 2.75) is 6.04 Å². The van der Waals surface area contributed by atoms with Crippen LogP contribution in [0.1, 0.15) is 0 Å². The molecule has 9 heavy (non-hydrogen) atoms. The molecule has 1 rings (SSSR count). The monoisotopic (exact) mass is 131 g/mol. The summed E-state index contributed by atoms with van der Waals surface area (Å²) in [5.74, 6) is 4.94. The molecule has 0 aromatic carbocycles. The summed E-state index contributed by atoms with van der Waals surface area (Å²) in [6, 6.07) is -0.269. The molecule has 1 fully saturated rings. The average molecular weight is 131 g/mol. The van der Waals surface area contributed by atoms with Crippen molar-refractivity contribution in [1.29, 1.82) is 0 Å². The lowest BCUT2D eigenvalue weighted by atomic mass is 10.3. The fourth-order valence-corrected chi connectivity index (χ4v) is 0.694. The van der Waals surface area contributed by atoms with Crippen LogP contribution >= 0.6 is 0 Å². The Morgan fingerprint density at radius 2 is 2.56 bits per heavy atom. The van der Waals surface area contributed by atoms with Gasteiger partial charge in [0.05, 0.1) is 6.61 Å². The number of carbonyl (C=O) groups excluding carboxylic acids is 1. The molecule has 1 heterocycles. The van der Waals surface area contributed by atoms with E-state index in [9.17, 15) is 4.79 Å². The molecule has 1 aliphatic rings. The number of carbonyl (C=O) groups is 1. The Morgan fingerprint density at radius 1 is 1.78 bits per heavy atom. The van der Waals surface area contributed by atoms with Crippen molar-refractivity contribution < 1.29 is 9.53 Å². The van der Waals surface area contributed by atoms with E-state index < -0.39 is 0 Å². The van der Waals surface area contributed by atoms with Crippen LogP contribution in [-0.2, 0) is 9.53 Å². The summed E-state index contributed by atoms with van der Waals surface area (Å²) in [4.78, 5) is 10.7. The Morgan fingerprint density at radius 3 is 3.00 bits per heavy atom. The molecule has 0 aromatic heterocycles. The van der Waals surface area contributed by atoms with Gasteiger partial charge in [0.2, 0.25) is 0 Å². The van der Waals surface area contributed by atoms with Crippen LogP contribution < -0.4 is 16.8 Å². The Balaban J connectivity index is 2.31. The van der Waals surface area contributed by atoms with Gasteiger partial charge in [0.25, 0.3) is 0 Å². The second kappa shape index (κ2) is 2.88. The highest BCUT2D eigenvalue weighted by Crippen LogP contribution is 1.96. The van der Waals surface area contributed by atoms with Crippen LogP contribution in [-0.4, -0.2) is 25.0 Å². The van der Waals surface area contributed by atoms with Crippen molar-refractivity contribution in [3.63, 3.8) is 0 Å². The van der Waals surface area contributed by atoms with Gasteiger partial charge in [0.15, 0.2) is 5.78 Å². The molecule has 0 amide bonds. The van der Waals surface area contributed by atoms with Crippen LogP contribution in [0, 0.1) is 0 Å². The first kappa shape index (κ1) is 6.63. The Labute approximate surface area is 52.5 Å². The molecule has 0 spiro atoms. The Bertz CT molecular complexity index is 116. The molecular weight excluding hydrogens is 122 g/mol. The van der Waals surface area contributed by atoms with Crippen molar-refractivity contribution in [3.05, 3.63) is 0 Å². The van der Waals surface area contributed by atoms with Gasteiger partial charge in [0.1, 0.15) is 12.6 Å². The highest BCUT2D eigenvalue weighted by Gasteiger charge is 2.23. The number of ketones is 1. The molecule has 1 atom stereocenters. The van der Waals surface area contributed by atoms with E-state index in [0.29, 0.717) is 6.61 Å². The van der Waals surface area contributed by atoms with Gasteiger partial charge in [-0.25, -0.2) is 5.43 Å². The molecule has 52 valence electrons. The second-order valence-corrected chi connectivity index (χ2v) is 1.82. The summed E-state index contributed by atoms with van der Waals surface area (Å²) >= 11 is 0. The van der Waals surface area contributed by atoms with Crippen molar-refractivity contribution in [1.82, 2.24) is 11.0 Å². The standard InChI is InChI=1S/C4H9N3O2/c5-7-6-3-1-9-2-4(3)8/h3,6-7H,1-2,5H2/t3-/m0/s1. The maximum absolute atomic E-state index is 10.7. The first-order valence-electron chi connectivity index (χ1n) is 2.66. The predicted molar refractivity (Wildman–Crippen MR) is 30.1 cm³/mol. The summed E-state index contributed by atoms with van der Waals surface area (Å²) in [7, 11) is 0. The highest BCUT2D eigenvalue weighted by atomic mass is 16.5. The van der Waals surface area contributed by atoms with Gasteiger partial charge in [0, 0.05) is 0 Å². The Kier molecular flexibility index (Phi) is 2.12. The zero-order chi connectivity index (χ0) is 6.69. The zero-order valence-corrected chi connectivity index (χ0v) is 4.89. The van der Waals surface area contributed by atoms with E-state index in [2.05, 4.69) is 11.0 Å². The van der Waals surface area contributed by atoms with Gasteiger partial charge in [-0.1, -0.05) is 0 Å². The second-order valence-electron chi connectivity index (χ2n) is 1.82. The fraction of sp³-hybridized carbons (Fsp3) is 0.750. The van der Waals surface area contributed by atoms with Crippen molar-refractivity contribution in [3.8, 4) is 0 Å². The van der Waals surface area contributed by atoms with Crippen LogP contribution in [0.5, 0.6) is 0 Å². The minimum atomic E-state index is -0.269. The summed E-state index contributed by atoms with van der Waals surface area (Å²) in [6.45, 7) is 0.600. The van der Waals surface area contributed by atoms with Crippen molar-refractivity contribution in [2.75, 3.05) is 13.2 Å². The highest BCUT2D eigenvalue weighted by molar-refractivity contribution is 5.86. The molecule has 4 N–H and O–H groups in total. The predicted octanol–water partition coefficient (Wildman–Crippen LogP) is -2.08. The topological polar surface area (TPSA) is 76.4 Å². The molecule has 5 heteroatoms. The minimum Gasteiger partial charge on any atom is -0.371 e. The van der Waals surface area contributed by atoms with E-state index >= 15 is 0 Å². The molecule has 1 saturated heterocycles. The van der Waals surface area contributed by atoms with Crippen LogP contribution in [0.4, 0.5) is 0 Å². The van der Waals surface area contributed by atoms with Gasteiger partial charge >= 0.3 is 0 Å². The fourth-order valence-electron chi connectivity index (χ4n) is 0.694. The van der Waals surface area contributed by atoms with Gasteiger partial charge in [-0.2, -0.15) is 5.53 Å². The smallest absolute Gasteiger partial charge is 0.179 e. The normalized spacial score (nSPS) is 27.2. The molecule has 0 saturated carbocycles. The lowest BCUT2D eigenvalue weighted by Gasteiger charge is -2.05. The number of Topliss-reactive ketones (excluding diaryl/α,β-unsaturated/α-hetero) is 1. The number of rotatable bonds is 2. The van der Waals surface area contributed by atoms with Gasteiger partial charge < -0.3 is 4.74 Å². The summed E-state index contributed by atoms with van der Waals surface area (Å²) in [6.07, 6.45) is 0. The van der Waals surface area contributed by atoms with Crippen molar-refractivity contribution >= 4 is 5.78 Å². The minimum absolute atomic E-state index is 0.0351. The first-order valence-corrected chi connectivity index (χ1v) is 2.66. The molecule has 5 nitrogen and oxygen atoms in total. The van der Waals surface area contributed by atoms with Gasteiger partial charge in [-0.05, 0) is 0 Å². The van der Waals surface area contributed by atoms with E-state index in [1.165, 1.54) is 0 Å². The van der Waals surface area contributed by atoms with E-state index in [0.717, 1.165) is 0 Å². The van der Waals surface area contributed by atoms with Crippen LogP contribution in [0.25, 0.3) is 0 Å². The summed E-state index contributed by atoms with van der Waals surface area (Å²) in [5, 5.41) is 0. The lowest BCUT2D eigenvalue weighted by Crippen LogP contribution is -2.48. The largest absolute Gasteiger partial charge is 0.371 e. The zero-order valence-electron chi connectivity index (χ0n) is 4.89. The maximum Gasteiger partial charge on any atom is 0.179 e. The van der Waals surface area contributed by atoms with Crippen LogP contribution in [0.15, 0.2) is 0 Å². The van der Waals surface area contributed by atoms with Crippen LogP contribution in [0.3, 0.4) is 0 Å². The summed E-state index contributed by atoms with van der Waals surface area (Å²) < 4.78 is 4.81. The number of nitrogens with one attached hydrogen (secondary N) is 2. The maximum atomic E-state index is 10.7. The molecule has 0 radical (unpaired) electrons. The Hall–Kier alpha value is -0.490. The van der Waals surface area contributed by atoms with Crippen molar-refractivity contribution in [2.24, 2.45) is 5.84 Å². The number of ether oxygens (including phenoxy) is 1. The molecule has 1 aliphatic heterocycles. The number of hydrazine groups is 2. The summed E-state index contributed by atoms with van der Waals surface area (Å²) in [5.41, 5.74) is 4.74. The molecule has 0 unspecified atom stereocenters. The number of hydrogen-bond donors (Lipinski definition) is 3. The lowest BCUT2D eigenvalue weighted by molar-refractivity contribution is -0.119. The first-order chi connectivity index (χ1) is 4.34. The molecule has 0 bridgehead atoms. The quantitative estimate of drug-likeness (QED) is 0.296. The molecule has 0 aromatic rings. The van der Waals surface area contributed by atoms with Crippen LogP contribution in [0.2, 0.25) is 0 Å². The third kappa shape index (κ3) is 1.46. The third-order valence-corrected chi connectivity index (χ3v) is 1.18. The van der Waals surface area contributed by atoms with E-state index in [-0.39, 0.29) is 18.4 Å². The number of hydrogen-bond acceptors (Lipinski definition) is 5. The van der Waals surface area contributed by atoms with E-state index in [1.54, 1.807) is 0 Å². The van der Waals surface area contributed by atoms with Gasteiger partial charge in [-0.3, -0.25) is 10.6 Å².